The number of carbonyl (C=O) groups is 2. The number of furan rings is 1. The van der Waals surface area contributed by atoms with Crippen LogP contribution in [0.25, 0.3) is 11.0 Å². The lowest BCUT2D eigenvalue weighted by Gasteiger charge is -2.15. The largest absolute Gasteiger partial charge is 0.467 e. The standard InChI is InChI=1S/C18H20N4O3/c1-12(20-13(2)23)18-21-15-7-3-4-8-16(15)22(18)11-17(24)19-10-14-6-5-9-25-14/h3-9,12H,10-11H2,1-2H3,(H,19,24)(H,20,23). The van der Waals surface area contributed by atoms with Crippen molar-refractivity contribution in [3.05, 3.63) is 54.2 Å². The van der Waals surface area contributed by atoms with Gasteiger partial charge in [-0.25, -0.2) is 4.98 Å². The smallest absolute Gasteiger partial charge is 0.240 e. The van der Waals surface area contributed by atoms with Crippen molar-refractivity contribution in [2.75, 3.05) is 0 Å². The Morgan fingerprint density at radius 3 is 2.76 bits per heavy atom. The van der Waals surface area contributed by atoms with Gasteiger partial charge in [-0.15, -0.1) is 0 Å². The zero-order valence-corrected chi connectivity index (χ0v) is 14.2. The molecule has 0 saturated carbocycles. The Balaban J connectivity index is 1.82. The number of nitrogens with zero attached hydrogens (tertiary/aromatic N) is 2. The van der Waals surface area contributed by atoms with Crippen LogP contribution < -0.4 is 10.6 Å². The lowest BCUT2D eigenvalue weighted by Crippen LogP contribution is -2.30. The third-order valence-corrected chi connectivity index (χ3v) is 3.83. The number of benzene rings is 1. The summed E-state index contributed by atoms with van der Waals surface area (Å²) in [6, 6.07) is 10.9. The Hall–Kier alpha value is -3.09. The van der Waals surface area contributed by atoms with Crippen molar-refractivity contribution in [1.29, 1.82) is 0 Å². The highest BCUT2D eigenvalue weighted by Crippen LogP contribution is 2.20. The Kier molecular flexibility index (Phi) is 4.83. The first-order valence-electron chi connectivity index (χ1n) is 8.06. The van der Waals surface area contributed by atoms with Crippen LogP contribution in [0.15, 0.2) is 47.1 Å². The van der Waals surface area contributed by atoms with Crippen LogP contribution in [0.3, 0.4) is 0 Å². The Labute approximate surface area is 145 Å². The van der Waals surface area contributed by atoms with Crippen LogP contribution in [0.5, 0.6) is 0 Å². The number of para-hydroxylation sites is 2. The maximum absolute atomic E-state index is 12.4. The molecule has 7 nitrogen and oxygen atoms in total. The molecule has 3 rings (SSSR count). The maximum Gasteiger partial charge on any atom is 0.240 e. The predicted octanol–water partition coefficient (Wildman–Crippen LogP) is 2.14. The molecule has 0 bridgehead atoms. The summed E-state index contributed by atoms with van der Waals surface area (Å²) in [4.78, 5) is 28.3. The second-order valence-corrected chi connectivity index (χ2v) is 5.82. The second-order valence-electron chi connectivity index (χ2n) is 5.82. The van der Waals surface area contributed by atoms with Crippen LogP contribution in [0.2, 0.25) is 0 Å². The monoisotopic (exact) mass is 340 g/mol. The number of imidazole rings is 1. The Morgan fingerprint density at radius 2 is 2.04 bits per heavy atom. The molecule has 130 valence electrons. The van der Waals surface area contributed by atoms with Crippen LogP contribution in [0.1, 0.15) is 31.5 Å². The molecule has 2 N–H and O–H groups in total. The number of hydrogen-bond acceptors (Lipinski definition) is 4. The van der Waals surface area contributed by atoms with Gasteiger partial charge in [-0.2, -0.15) is 0 Å². The van der Waals surface area contributed by atoms with Crippen molar-refractivity contribution < 1.29 is 14.0 Å². The van der Waals surface area contributed by atoms with E-state index in [2.05, 4.69) is 15.6 Å². The molecule has 7 heteroatoms. The van der Waals surface area contributed by atoms with Crippen molar-refractivity contribution in [2.24, 2.45) is 0 Å². The summed E-state index contributed by atoms with van der Waals surface area (Å²) >= 11 is 0. The topological polar surface area (TPSA) is 89.2 Å². The molecule has 2 aromatic heterocycles. The van der Waals surface area contributed by atoms with Crippen LogP contribution in [0.4, 0.5) is 0 Å². The highest BCUT2D eigenvalue weighted by Gasteiger charge is 2.19. The average molecular weight is 340 g/mol. The summed E-state index contributed by atoms with van der Waals surface area (Å²) in [5.41, 5.74) is 1.64. The van der Waals surface area contributed by atoms with E-state index in [1.165, 1.54) is 6.92 Å². The van der Waals surface area contributed by atoms with Crippen molar-refractivity contribution in [3.63, 3.8) is 0 Å². The number of nitrogens with one attached hydrogen (secondary N) is 2. The summed E-state index contributed by atoms with van der Waals surface area (Å²) < 4.78 is 7.04. The Bertz CT molecular complexity index is 883. The summed E-state index contributed by atoms with van der Waals surface area (Å²) in [7, 11) is 0. The summed E-state index contributed by atoms with van der Waals surface area (Å²) in [6.07, 6.45) is 1.57. The molecule has 1 unspecified atom stereocenters. The van der Waals surface area contributed by atoms with Crippen molar-refractivity contribution in [1.82, 2.24) is 20.2 Å². The minimum absolute atomic E-state index is 0.112. The fraction of sp³-hybridized carbons (Fsp3) is 0.278. The van der Waals surface area contributed by atoms with Gasteiger partial charge in [-0.05, 0) is 31.2 Å². The van der Waals surface area contributed by atoms with Crippen molar-refractivity contribution in [3.8, 4) is 0 Å². The van der Waals surface area contributed by atoms with Crippen LogP contribution >= 0.6 is 0 Å². The van der Waals surface area contributed by atoms with E-state index in [-0.39, 0.29) is 24.4 Å². The zero-order chi connectivity index (χ0) is 17.8. The molecule has 1 atom stereocenters. The quantitative estimate of drug-likeness (QED) is 0.719. The second kappa shape index (κ2) is 7.21. The summed E-state index contributed by atoms with van der Waals surface area (Å²) in [5, 5.41) is 5.65. The molecule has 0 aliphatic carbocycles. The number of fused-ring (bicyclic) bond motifs is 1. The first kappa shape index (κ1) is 16.8. The molecule has 1 aromatic carbocycles. The molecule has 0 fully saturated rings. The third-order valence-electron chi connectivity index (χ3n) is 3.83. The molecule has 0 saturated heterocycles. The molecule has 0 aliphatic heterocycles. The van der Waals surface area contributed by atoms with Gasteiger partial charge in [0.1, 0.15) is 18.1 Å². The fourth-order valence-corrected chi connectivity index (χ4v) is 2.76. The van der Waals surface area contributed by atoms with Gasteiger partial charge >= 0.3 is 0 Å². The fourth-order valence-electron chi connectivity index (χ4n) is 2.76. The first-order valence-corrected chi connectivity index (χ1v) is 8.06. The van der Waals surface area contributed by atoms with E-state index in [0.29, 0.717) is 18.1 Å². The van der Waals surface area contributed by atoms with Crippen molar-refractivity contribution in [2.45, 2.75) is 33.0 Å². The van der Waals surface area contributed by atoms with E-state index < -0.39 is 0 Å². The van der Waals surface area contributed by atoms with E-state index in [1.54, 1.807) is 18.4 Å². The molecule has 0 radical (unpaired) electrons. The molecule has 2 heterocycles. The number of carbonyl (C=O) groups excluding carboxylic acids is 2. The summed E-state index contributed by atoms with van der Waals surface area (Å²) in [6.45, 7) is 3.74. The van der Waals surface area contributed by atoms with Gasteiger partial charge < -0.3 is 19.6 Å². The molecular weight excluding hydrogens is 320 g/mol. The molecule has 2 amide bonds. The molecule has 0 spiro atoms. The molecule has 0 aliphatic rings. The number of rotatable bonds is 6. The Morgan fingerprint density at radius 1 is 1.24 bits per heavy atom. The van der Waals surface area contributed by atoms with E-state index in [9.17, 15) is 9.59 Å². The molecule has 25 heavy (non-hydrogen) atoms. The number of hydrogen-bond donors (Lipinski definition) is 2. The van der Waals surface area contributed by atoms with Gasteiger partial charge in [0.15, 0.2) is 0 Å². The molecular formula is C18H20N4O3. The van der Waals surface area contributed by atoms with Gasteiger partial charge in [-0.3, -0.25) is 9.59 Å². The van der Waals surface area contributed by atoms with Gasteiger partial charge in [0, 0.05) is 6.92 Å². The van der Waals surface area contributed by atoms with Crippen LogP contribution in [-0.4, -0.2) is 21.4 Å². The van der Waals surface area contributed by atoms with E-state index in [0.717, 1.165) is 11.0 Å². The number of amides is 2. The number of aromatic nitrogens is 2. The normalized spacial score (nSPS) is 12.1. The van der Waals surface area contributed by atoms with E-state index >= 15 is 0 Å². The lowest BCUT2D eigenvalue weighted by atomic mass is 10.3. The average Bonchev–Trinajstić information content (AvgIpc) is 3.20. The highest BCUT2D eigenvalue weighted by atomic mass is 16.3. The first-order chi connectivity index (χ1) is 12.0. The van der Waals surface area contributed by atoms with Crippen LogP contribution in [-0.2, 0) is 22.7 Å². The van der Waals surface area contributed by atoms with Crippen LogP contribution in [0, 0.1) is 0 Å². The van der Waals surface area contributed by atoms with E-state index in [4.69, 9.17) is 4.42 Å². The summed E-state index contributed by atoms with van der Waals surface area (Å²) in [5.74, 6) is 1.03. The van der Waals surface area contributed by atoms with Gasteiger partial charge in [-0.1, -0.05) is 12.1 Å². The zero-order valence-electron chi connectivity index (χ0n) is 14.2. The maximum atomic E-state index is 12.4. The van der Waals surface area contributed by atoms with Crippen molar-refractivity contribution >= 4 is 22.8 Å². The minimum atomic E-state index is -0.303. The van der Waals surface area contributed by atoms with Gasteiger partial charge in [0.2, 0.25) is 11.8 Å². The highest BCUT2D eigenvalue weighted by molar-refractivity contribution is 5.81. The van der Waals surface area contributed by atoms with E-state index in [1.807, 2.05) is 35.8 Å². The molecule has 3 aromatic rings. The minimum Gasteiger partial charge on any atom is -0.467 e. The predicted molar refractivity (Wildman–Crippen MR) is 92.5 cm³/mol. The van der Waals surface area contributed by atoms with Gasteiger partial charge in [0.25, 0.3) is 0 Å². The van der Waals surface area contributed by atoms with Gasteiger partial charge in [0.05, 0.1) is 29.9 Å². The lowest BCUT2D eigenvalue weighted by molar-refractivity contribution is -0.121. The SMILES string of the molecule is CC(=O)NC(C)c1nc2ccccc2n1CC(=O)NCc1ccco1. The third kappa shape index (κ3) is 3.88.